The van der Waals surface area contributed by atoms with Gasteiger partial charge >= 0.3 is 11.9 Å². The molecular weight excluding hydrogens is 617 g/mol. The molecule has 0 aliphatic carbocycles. The highest BCUT2D eigenvalue weighted by Crippen LogP contribution is 2.20. The average molecular weight is 707 g/mol. The van der Waals surface area contributed by atoms with E-state index in [0.717, 1.165) is 32.1 Å². The second-order valence-corrected chi connectivity index (χ2v) is 16.0. The van der Waals surface area contributed by atoms with Crippen LogP contribution in [-0.4, -0.2) is 23.1 Å². The second kappa shape index (κ2) is 42.4. The van der Waals surface area contributed by atoms with Gasteiger partial charge in [-0.25, -0.2) is 0 Å². The zero-order chi connectivity index (χ0) is 36.4. The molecule has 0 heterocycles. The Balaban J connectivity index is 3.77. The maximum Gasteiger partial charge on any atom is 0.306 e. The predicted octanol–water partition coefficient (Wildman–Crippen LogP) is 16.0. The van der Waals surface area contributed by atoms with Crippen LogP contribution in [0.15, 0.2) is 0 Å². The van der Waals surface area contributed by atoms with E-state index in [2.05, 4.69) is 13.8 Å². The molecule has 4 heteroatoms. The standard InChI is InChI=1S/C46H90O4/c1-3-5-7-9-11-12-13-14-15-16-17-18-19-20-21-22-23-28-31-35-39-43-46(49)50-44(40-36-32-10-8-6-4-2)41-37-33-29-26-24-25-27-30-34-38-42-45(47)48/h44H,3-43H2,1-2H3,(H,47,48). The Labute approximate surface area is 313 Å². The van der Waals surface area contributed by atoms with Crippen LogP contribution in [0.4, 0.5) is 0 Å². The van der Waals surface area contributed by atoms with Crippen molar-refractivity contribution >= 4 is 11.9 Å². The number of unbranched alkanes of at least 4 members (excludes halogenated alkanes) is 34. The number of hydrogen-bond donors (Lipinski definition) is 1. The first-order chi connectivity index (χ1) is 24.6. The van der Waals surface area contributed by atoms with E-state index in [1.807, 2.05) is 0 Å². The number of ether oxygens (including phenoxy) is 1. The largest absolute Gasteiger partial charge is 0.481 e. The van der Waals surface area contributed by atoms with Gasteiger partial charge in [-0.15, -0.1) is 0 Å². The molecule has 0 fully saturated rings. The molecule has 0 saturated carbocycles. The van der Waals surface area contributed by atoms with Crippen molar-refractivity contribution in [2.45, 2.75) is 283 Å². The smallest absolute Gasteiger partial charge is 0.306 e. The first kappa shape index (κ1) is 48.9. The Morgan fingerprint density at radius 1 is 0.360 bits per heavy atom. The summed E-state index contributed by atoms with van der Waals surface area (Å²) in [6, 6.07) is 0. The Morgan fingerprint density at radius 3 is 0.880 bits per heavy atom. The summed E-state index contributed by atoms with van der Waals surface area (Å²) in [5.41, 5.74) is 0. The molecule has 4 nitrogen and oxygen atoms in total. The van der Waals surface area contributed by atoms with Gasteiger partial charge in [0.15, 0.2) is 0 Å². The number of aliphatic carboxylic acids is 1. The van der Waals surface area contributed by atoms with Crippen molar-refractivity contribution < 1.29 is 19.4 Å². The molecule has 0 saturated heterocycles. The summed E-state index contributed by atoms with van der Waals surface area (Å²) >= 11 is 0. The molecular formula is C46H90O4. The summed E-state index contributed by atoms with van der Waals surface area (Å²) in [5.74, 6) is -0.628. The van der Waals surface area contributed by atoms with Crippen molar-refractivity contribution in [3.05, 3.63) is 0 Å². The number of carbonyl (C=O) groups excluding carboxylic acids is 1. The topological polar surface area (TPSA) is 63.6 Å². The number of carbonyl (C=O) groups is 2. The van der Waals surface area contributed by atoms with Crippen LogP contribution in [-0.2, 0) is 14.3 Å². The molecule has 0 bridgehead atoms. The normalized spacial score (nSPS) is 12.0. The van der Waals surface area contributed by atoms with Gasteiger partial charge in [0.25, 0.3) is 0 Å². The fraction of sp³-hybridized carbons (Fsp3) is 0.957. The number of carboxylic acids is 1. The van der Waals surface area contributed by atoms with Gasteiger partial charge < -0.3 is 9.84 Å². The van der Waals surface area contributed by atoms with Crippen LogP contribution in [0.2, 0.25) is 0 Å². The highest BCUT2D eigenvalue weighted by molar-refractivity contribution is 5.69. The lowest BCUT2D eigenvalue weighted by Crippen LogP contribution is -2.18. The second-order valence-electron chi connectivity index (χ2n) is 16.0. The summed E-state index contributed by atoms with van der Waals surface area (Å²) in [6.45, 7) is 4.56. The van der Waals surface area contributed by atoms with Crippen molar-refractivity contribution in [1.29, 1.82) is 0 Å². The third-order valence-electron chi connectivity index (χ3n) is 10.8. The van der Waals surface area contributed by atoms with Crippen molar-refractivity contribution in [3.8, 4) is 0 Å². The monoisotopic (exact) mass is 707 g/mol. The molecule has 0 aromatic carbocycles. The minimum atomic E-state index is -0.671. The maximum atomic E-state index is 12.7. The minimum Gasteiger partial charge on any atom is -0.481 e. The van der Waals surface area contributed by atoms with Gasteiger partial charge in [0.05, 0.1) is 0 Å². The Bertz CT molecular complexity index is 677. The van der Waals surface area contributed by atoms with Crippen LogP contribution < -0.4 is 0 Å². The molecule has 0 spiro atoms. The van der Waals surface area contributed by atoms with E-state index >= 15 is 0 Å². The van der Waals surface area contributed by atoms with Gasteiger partial charge in [0.2, 0.25) is 0 Å². The summed E-state index contributed by atoms with van der Waals surface area (Å²) in [4.78, 5) is 23.3. The maximum absolute atomic E-state index is 12.7. The molecule has 298 valence electrons. The van der Waals surface area contributed by atoms with E-state index in [4.69, 9.17) is 9.84 Å². The molecule has 0 aromatic rings. The third kappa shape index (κ3) is 41.4. The Kier molecular flexibility index (Phi) is 41.5. The van der Waals surface area contributed by atoms with E-state index in [9.17, 15) is 9.59 Å². The van der Waals surface area contributed by atoms with Gasteiger partial charge in [-0.3, -0.25) is 9.59 Å². The van der Waals surface area contributed by atoms with Crippen molar-refractivity contribution in [2.24, 2.45) is 0 Å². The lowest BCUT2D eigenvalue weighted by atomic mass is 10.0. The summed E-state index contributed by atoms with van der Waals surface area (Å²) in [7, 11) is 0. The van der Waals surface area contributed by atoms with E-state index in [-0.39, 0.29) is 12.1 Å². The molecule has 1 atom stereocenters. The van der Waals surface area contributed by atoms with Gasteiger partial charge in [0, 0.05) is 12.8 Å². The van der Waals surface area contributed by atoms with Crippen molar-refractivity contribution in [1.82, 2.24) is 0 Å². The van der Waals surface area contributed by atoms with E-state index < -0.39 is 5.97 Å². The number of carboxylic acid groups (broad SMARTS) is 1. The van der Waals surface area contributed by atoms with E-state index in [0.29, 0.717) is 12.8 Å². The molecule has 0 aliphatic heterocycles. The quantitative estimate of drug-likeness (QED) is 0.0506. The molecule has 50 heavy (non-hydrogen) atoms. The minimum absolute atomic E-state index is 0.0437. The van der Waals surface area contributed by atoms with Crippen LogP contribution in [0.1, 0.15) is 277 Å². The van der Waals surface area contributed by atoms with Gasteiger partial charge in [-0.05, 0) is 38.5 Å². The molecule has 0 amide bonds. The third-order valence-corrected chi connectivity index (χ3v) is 10.8. The molecule has 0 rings (SSSR count). The SMILES string of the molecule is CCCCCCCCCCCCCCCCCCCCCCCC(=O)OC(CCCCCCCC)CCCCCCCCCCCCC(=O)O. The van der Waals surface area contributed by atoms with Crippen molar-refractivity contribution in [3.63, 3.8) is 0 Å². The zero-order valence-corrected chi connectivity index (χ0v) is 34.2. The number of hydrogen-bond acceptors (Lipinski definition) is 3. The van der Waals surface area contributed by atoms with Crippen LogP contribution in [0.5, 0.6) is 0 Å². The fourth-order valence-electron chi connectivity index (χ4n) is 7.42. The first-order valence-electron chi connectivity index (χ1n) is 23.0. The van der Waals surface area contributed by atoms with Crippen LogP contribution >= 0.6 is 0 Å². The highest BCUT2D eigenvalue weighted by Gasteiger charge is 2.14. The first-order valence-corrected chi connectivity index (χ1v) is 23.0. The lowest BCUT2D eigenvalue weighted by molar-refractivity contribution is -0.150. The molecule has 0 aliphatic rings. The van der Waals surface area contributed by atoms with Crippen LogP contribution in [0, 0.1) is 0 Å². The van der Waals surface area contributed by atoms with Gasteiger partial charge in [-0.1, -0.05) is 226 Å². The van der Waals surface area contributed by atoms with Gasteiger partial charge in [0.1, 0.15) is 6.10 Å². The van der Waals surface area contributed by atoms with Crippen LogP contribution in [0.3, 0.4) is 0 Å². The lowest BCUT2D eigenvalue weighted by Gasteiger charge is -2.18. The van der Waals surface area contributed by atoms with E-state index in [1.54, 1.807) is 0 Å². The predicted molar refractivity (Wildman–Crippen MR) is 218 cm³/mol. The summed E-state index contributed by atoms with van der Waals surface area (Å²) < 4.78 is 6.05. The van der Waals surface area contributed by atoms with Crippen LogP contribution in [0.25, 0.3) is 0 Å². The average Bonchev–Trinajstić information content (AvgIpc) is 3.10. The van der Waals surface area contributed by atoms with Gasteiger partial charge in [-0.2, -0.15) is 0 Å². The number of esters is 1. The fourth-order valence-corrected chi connectivity index (χ4v) is 7.42. The summed E-state index contributed by atoms with van der Waals surface area (Å²) in [5, 5.41) is 8.73. The number of rotatable bonds is 43. The van der Waals surface area contributed by atoms with E-state index in [1.165, 1.54) is 218 Å². The summed E-state index contributed by atoms with van der Waals surface area (Å²) in [6.07, 6.45) is 51.6. The van der Waals surface area contributed by atoms with Crippen molar-refractivity contribution in [2.75, 3.05) is 0 Å². The molecule has 1 N–H and O–H groups in total. The molecule has 0 aromatic heterocycles. The highest BCUT2D eigenvalue weighted by atomic mass is 16.5. The molecule has 0 radical (unpaired) electrons. The Hall–Kier alpha value is -1.06. The zero-order valence-electron chi connectivity index (χ0n) is 34.2. The Morgan fingerprint density at radius 2 is 0.600 bits per heavy atom. The molecule has 1 unspecified atom stereocenters.